The molecule has 1 rings (SSSR count). The van der Waals surface area contributed by atoms with Crippen molar-refractivity contribution in [2.24, 2.45) is 0 Å². The molecule has 0 unspecified atom stereocenters. The highest BCUT2D eigenvalue weighted by atomic mass is 79.9. The predicted octanol–water partition coefficient (Wildman–Crippen LogP) is 1.31. The van der Waals surface area contributed by atoms with E-state index in [2.05, 4.69) is 6.92 Å². The molecule has 2 N–H and O–H groups in total. The van der Waals surface area contributed by atoms with E-state index in [9.17, 15) is 10.2 Å². The smallest absolute Gasteiger partial charge is 0.408 e. The molecule has 0 fully saturated rings. The lowest BCUT2D eigenvalue weighted by Crippen LogP contribution is -3.00. The largest absolute Gasteiger partial charge is 1.00 e. The summed E-state index contributed by atoms with van der Waals surface area (Å²) < 4.78 is 1.71. The van der Waals surface area contributed by atoms with Gasteiger partial charge in [-0.15, -0.1) is 0 Å². The van der Waals surface area contributed by atoms with Crippen molar-refractivity contribution in [2.75, 3.05) is 0 Å². The Balaban J connectivity index is 0.00000400. The molecule has 4 heteroatoms. The maximum absolute atomic E-state index is 9.65. The van der Waals surface area contributed by atoms with Crippen LogP contribution in [-0.4, -0.2) is 10.2 Å². The van der Waals surface area contributed by atoms with Crippen molar-refractivity contribution >= 4 is 0 Å². The van der Waals surface area contributed by atoms with Crippen LogP contribution in [0.3, 0.4) is 0 Å². The number of halogens is 1. The van der Waals surface area contributed by atoms with E-state index in [1.165, 1.54) is 63.9 Å². The monoisotopic (exact) mass is 359 g/mol. The molecule has 0 atom stereocenters. The van der Waals surface area contributed by atoms with Crippen molar-refractivity contribution in [3.63, 3.8) is 0 Å². The maximum Gasteiger partial charge on any atom is 0.408 e. The van der Waals surface area contributed by atoms with Crippen LogP contribution in [0.1, 0.15) is 71.1 Å². The zero-order valence-corrected chi connectivity index (χ0v) is 14.8. The third-order valence-electron chi connectivity index (χ3n) is 3.77. The highest BCUT2D eigenvalue weighted by molar-refractivity contribution is 5.24. The van der Waals surface area contributed by atoms with Gasteiger partial charge >= 0.3 is 5.88 Å². The van der Waals surface area contributed by atoms with Crippen molar-refractivity contribution in [2.45, 2.75) is 77.7 Å². The number of aryl methyl sites for hydroxylation is 1. The van der Waals surface area contributed by atoms with E-state index in [0.717, 1.165) is 13.0 Å². The number of pyridine rings is 1. The molecule has 0 aliphatic rings. The molecule has 0 aliphatic heterocycles. The van der Waals surface area contributed by atoms with Gasteiger partial charge in [-0.25, -0.2) is 0 Å². The van der Waals surface area contributed by atoms with E-state index in [-0.39, 0.29) is 28.6 Å². The molecule has 3 nitrogen and oxygen atoms in total. The lowest BCUT2D eigenvalue weighted by atomic mass is 10.1. The van der Waals surface area contributed by atoms with Gasteiger partial charge in [0.2, 0.25) is 5.75 Å². The minimum absolute atomic E-state index is 0. The van der Waals surface area contributed by atoms with E-state index in [1.807, 2.05) is 6.20 Å². The number of hydrogen-bond donors (Lipinski definition) is 2. The molecule has 21 heavy (non-hydrogen) atoms. The molecule has 1 heterocycles. The van der Waals surface area contributed by atoms with E-state index < -0.39 is 0 Å². The van der Waals surface area contributed by atoms with E-state index in [4.69, 9.17) is 0 Å². The van der Waals surface area contributed by atoms with Gasteiger partial charge in [-0.3, -0.25) is 0 Å². The molecule has 0 aromatic carbocycles. The van der Waals surface area contributed by atoms with Crippen molar-refractivity contribution in [1.29, 1.82) is 0 Å². The van der Waals surface area contributed by atoms with E-state index >= 15 is 0 Å². The summed E-state index contributed by atoms with van der Waals surface area (Å²) in [7, 11) is 0. The molecular formula is C17H30BrNO2. The molecule has 0 spiro atoms. The lowest BCUT2D eigenvalue weighted by molar-refractivity contribution is -0.703. The van der Waals surface area contributed by atoms with Crippen LogP contribution in [0.4, 0.5) is 0 Å². The van der Waals surface area contributed by atoms with Crippen LogP contribution in [0.5, 0.6) is 11.6 Å². The Bertz CT molecular complexity index is 372. The van der Waals surface area contributed by atoms with Gasteiger partial charge in [-0.2, -0.15) is 4.57 Å². The number of hydrogen-bond acceptors (Lipinski definition) is 2. The second-order valence-corrected chi connectivity index (χ2v) is 5.59. The second-order valence-electron chi connectivity index (χ2n) is 5.59. The van der Waals surface area contributed by atoms with Gasteiger partial charge in [0.15, 0.2) is 12.7 Å². The Morgan fingerprint density at radius 1 is 0.857 bits per heavy atom. The van der Waals surface area contributed by atoms with Crippen LogP contribution < -0.4 is 21.5 Å². The zero-order valence-electron chi connectivity index (χ0n) is 13.2. The normalized spacial score (nSPS) is 10.3. The number of rotatable bonds is 11. The Morgan fingerprint density at radius 2 is 1.38 bits per heavy atom. The first kappa shape index (κ1) is 20.2. The first-order chi connectivity index (χ1) is 9.75. The molecule has 1 aromatic rings. The molecule has 0 saturated heterocycles. The van der Waals surface area contributed by atoms with Gasteiger partial charge in [0.05, 0.1) is 0 Å². The molecule has 0 aliphatic carbocycles. The minimum atomic E-state index is -0.0421. The summed E-state index contributed by atoms with van der Waals surface area (Å²) in [5.74, 6) is -0.0667. The van der Waals surface area contributed by atoms with Crippen molar-refractivity contribution in [3.05, 3.63) is 18.3 Å². The third-order valence-corrected chi connectivity index (χ3v) is 3.77. The number of nitrogens with zero attached hydrogens (tertiary/aromatic N) is 1. The Labute approximate surface area is 139 Å². The molecule has 122 valence electrons. The zero-order chi connectivity index (χ0) is 14.6. The number of unbranched alkanes of at least 4 members (excludes halogenated alkanes) is 9. The van der Waals surface area contributed by atoms with Gasteiger partial charge in [0, 0.05) is 12.5 Å². The fraction of sp³-hybridized carbons (Fsp3) is 0.706. The Kier molecular flexibility index (Phi) is 12.5. The molecule has 0 saturated carbocycles. The summed E-state index contributed by atoms with van der Waals surface area (Å²) in [6.07, 6.45) is 14.9. The summed E-state index contributed by atoms with van der Waals surface area (Å²) in [4.78, 5) is 0. The molecule has 1 aromatic heterocycles. The average molecular weight is 360 g/mol. The molecule has 0 radical (unpaired) electrons. The minimum Gasteiger partial charge on any atom is -1.00 e. The van der Waals surface area contributed by atoms with Crippen molar-refractivity contribution in [3.8, 4) is 11.6 Å². The lowest BCUT2D eigenvalue weighted by Gasteiger charge is -2.02. The Morgan fingerprint density at radius 3 is 1.95 bits per heavy atom. The summed E-state index contributed by atoms with van der Waals surface area (Å²) in [5.41, 5.74) is 0. The Hall–Kier alpha value is -0.770. The van der Waals surface area contributed by atoms with Crippen LogP contribution in [0.2, 0.25) is 0 Å². The highest BCUT2D eigenvalue weighted by Crippen LogP contribution is 2.17. The standard InChI is InChI=1S/C17H29NO2.BrH/c1-2-3-4-5-6-7-8-9-10-11-14-18-15-12-13-16(19)17(18)20;/h12-13,15,19H,2-11,14H2,1H3;1H. The molecular weight excluding hydrogens is 330 g/mol. The van der Waals surface area contributed by atoms with Crippen LogP contribution in [0.15, 0.2) is 18.3 Å². The topological polar surface area (TPSA) is 44.3 Å². The first-order valence-corrected chi connectivity index (χ1v) is 8.16. The van der Waals surface area contributed by atoms with Gasteiger partial charge in [0.1, 0.15) is 0 Å². The number of aromatic nitrogens is 1. The summed E-state index contributed by atoms with van der Waals surface area (Å²) in [6, 6.07) is 3.26. The molecule has 0 amide bonds. The number of aromatic hydroxyl groups is 2. The second kappa shape index (κ2) is 12.9. The average Bonchev–Trinajstić information content (AvgIpc) is 2.45. The SMILES string of the molecule is CCCCCCCCCCCC[n+]1cccc(O)c1O.[Br-]. The summed E-state index contributed by atoms with van der Waals surface area (Å²) in [6.45, 7) is 3.03. The van der Waals surface area contributed by atoms with Crippen molar-refractivity contribution < 1.29 is 31.8 Å². The van der Waals surface area contributed by atoms with Crippen LogP contribution in [0, 0.1) is 0 Å². The third kappa shape index (κ3) is 8.97. The summed E-state index contributed by atoms with van der Waals surface area (Å²) >= 11 is 0. The fourth-order valence-electron chi connectivity index (χ4n) is 2.48. The maximum atomic E-state index is 9.65. The van der Waals surface area contributed by atoms with Gasteiger partial charge in [0.25, 0.3) is 0 Å². The van der Waals surface area contributed by atoms with E-state index in [0.29, 0.717) is 0 Å². The van der Waals surface area contributed by atoms with Crippen LogP contribution in [-0.2, 0) is 6.54 Å². The van der Waals surface area contributed by atoms with Crippen LogP contribution in [0.25, 0.3) is 0 Å². The quantitative estimate of drug-likeness (QED) is 0.462. The molecule has 0 bridgehead atoms. The van der Waals surface area contributed by atoms with E-state index in [1.54, 1.807) is 10.6 Å². The fourth-order valence-corrected chi connectivity index (χ4v) is 2.48. The summed E-state index contributed by atoms with van der Waals surface area (Å²) in [5, 5.41) is 19.0. The predicted molar refractivity (Wildman–Crippen MR) is 81.8 cm³/mol. The van der Waals surface area contributed by atoms with Gasteiger partial charge < -0.3 is 27.2 Å². The first-order valence-electron chi connectivity index (χ1n) is 8.16. The van der Waals surface area contributed by atoms with Crippen molar-refractivity contribution in [1.82, 2.24) is 0 Å². The van der Waals surface area contributed by atoms with Gasteiger partial charge in [-0.05, 0) is 12.5 Å². The van der Waals surface area contributed by atoms with Crippen LogP contribution >= 0.6 is 0 Å². The highest BCUT2D eigenvalue weighted by Gasteiger charge is 2.12. The van der Waals surface area contributed by atoms with Gasteiger partial charge in [-0.1, -0.05) is 58.3 Å².